The Labute approximate surface area is 93.4 Å². The average molecular weight is 217 g/mol. The highest BCUT2D eigenvalue weighted by Gasteiger charge is 1.98. The fraction of sp³-hybridized carbons (Fsp3) is 0.167. The SMILES string of the molecule is CC(=CCOc1ccc(C#N)cc1)C(=O)O. The molecule has 1 aromatic carbocycles. The number of aliphatic carboxylic acids is 1. The molecule has 0 saturated carbocycles. The van der Waals surface area contributed by atoms with Gasteiger partial charge >= 0.3 is 5.97 Å². The molecule has 0 bridgehead atoms. The van der Waals surface area contributed by atoms with Gasteiger partial charge in [0.25, 0.3) is 0 Å². The maximum absolute atomic E-state index is 10.5. The molecule has 4 heteroatoms. The van der Waals surface area contributed by atoms with Crippen molar-refractivity contribution in [2.24, 2.45) is 0 Å². The van der Waals surface area contributed by atoms with Gasteiger partial charge in [-0.3, -0.25) is 0 Å². The number of carbonyl (C=O) groups is 1. The van der Waals surface area contributed by atoms with Crippen LogP contribution in [0, 0.1) is 11.3 Å². The van der Waals surface area contributed by atoms with Gasteiger partial charge in [-0.05, 0) is 37.3 Å². The minimum absolute atomic E-state index is 0.198. The highest BCUT2D eigenvalue weighted by Crippen LogP contribution is 2.11. The number of rotatable bonds is 4. The summed E-state index contributed by atoms with van der Waals surface area (Å²) in [7, 11) is 0. The van der Waals surface area contributed by atoms with Crippen LogP contribution in [0.2, 0.25) is 0 Å². The van der Waals surface area contributed by atoms with Crippen LogP contribution in [0.1, 0.15) is 12.5 Å². The first kappa shape index (κ1) is 11.8. The molecule has 0 aliphatic heterocycles. The summed E-state index contributed by atoms with van der Waals surface area (Å²) >= 11 is 0. The second-order valence-corrected chi connectivity index (χ2v) is 3.14. The number of nitrogens with zero attached hydrogens (tertiary/aromatic N) is 1. The molecule has 1 rings (SSSR count). The number of nitriles is 1. The Kier molecular flexibility index (Phi) is 4.10. The molecule has 0 fully saturated rings. The van der Waals surface area contributed by atoms with Crippen LogP contribution in [0.3, 0.4) is 0 Å². The van der Waals surface area contributed by atoms with Crippen molar-refractivity contribution in [1.82, 2.24) is 0 Å². The Bertz CT molecular complexity index is 440. The number of benzene rings is 1. The first-order valence-corrected chi connectivity index (χ1v) is 4.66. The second-order valence-electron chi connectivity index (χ2n) is 3.14. The average Bonchev–Trinajstić information content (AvgIpc) is 2.29. The predicted octanol–water partition coefficient (Wildman–Crippen LogP) is 1.97. The molecule has 0 spiro atoms. The summed E-state index contributed by atoms with van der Waals surface area (Å²) in [6.07, 6.45) is 1.49. The largest absolute Gasteiger partial charge is 0.490 e. The van der Waals surface area contributed by atoms with E-state index in [4.69, 9.17) is 15.1 Å². The van der Waals surface area contributed by atoms with E-state index in [1.165, 1.54) is 13.0 Å². The zero-order valence-corrected chi connectivity index (χ0v) is 8.80. The summed E-state index contributed by atoms with van der Waals surface area (Å²) < 4.78 is 5.28. The summed E-state index contributed by atoms with van der Waals surface area (Å²) in [5.41, 5.74) is 0.804. The molecular weight excluding hydrogens is 206 g/mol. The highest BCUT2D eigenvalue weighted by molar-refractivity contribution is 5.85. The third-order valence-electron chi connectivity index (χ3n) is 1.96. The molecular formula is C12H11NO3. The number of carboxylic acid groups (broad SMARTS) is 1. The zero-order chi connectivity index (χ0) is 12.0. The van der Waals surface area contributed by atoms with Crippen molar-refractivity contribution < 1.29 is 14.6 Å². The summed E-state index contributed by atoms with van der Waals surface area (Å²) in [4.78, 5) is 10.5. The van der Waals surface area contributed by atoms with Gasteiger partial charge in [0.1, 0.15) is 12.4 Å². The van der Waals surface area contributed by atoms with E-state index in [0.29, 0.717) is 11.3 Å². The van der Waals surface area contributed by atoms with Gasteiger partial charge in [0.15, 0.2) is 0 Å². The minimum atomic E-state index is -0.955. The summed E-state index contributed by atoms with van der Waals surface area (Å²) in [5.74, 6) is -0.350. The smallest absolute Gasteiger partial charge is 0.331 e. The van der Waals surface area contributed by atoms with Gasteiger partial charge in [-0.15, -0.1) is 0 Å². The third-order valence-corrected chi connectivity index (χ3v) is 1.96. The van der Waals surface area contributed by atoms with E-state index in [1.54, 1.807) is 24.3 Å². The van der Waals surface area contributed by atoms with Crippen molar-refractivity contribution in [2.45, 2.75) is 6.92 Å². The quantitative estimate of drug-likeness (QED) is 0.782. The molecule has 0 heterocycles. The van der Waals surface area contributed by atoms with Crippen molar-refractivity contribution in [1.29, 1.82) is 5.26 Å². The number of ether oxygens (including phenoxy) is 1. The molecule has 0 atom stereocenters. The lowest BCUT2D eigenvalue weighted by atomic mass is 10.2. The Morgan fingerprint density at radius 3 is 2.62 bits per heavy atom. The maximum atomic E-state index is 10.5. The van der Waals surface area contributed by atoms with Gasteiger partial charge in [0.05, 0.1) is 11.6 Å². The van der Waals surface area contributed by atoms with Gasteiger partial charge in [-0.1, -0.05) is 0 Å². The minimum Gasteiger partial charge on any atom is -0.490 e. The van der Waals surface area contributed by atoms with Gasteiger partial charge in [-0.2, -0.15) is 5.26 Å². The van der Waals surface area contributed by atoms with Gasteiger partial charge < -0.3 is 9.84 Å². The van der Waals surface area contributed by atoms with Crippen LogP contribution in [0.5, 0.6) is 5.75 Å². The molecule has 82 valence electrons. The second kappa shape index (κ2) is 5.56. The van der Waals surface area contributed by atoms with Crippen LogP contribution in [-0.4, -0.2) is 17.7 Å². The number of hydrogen-bond acceptors (Lipinski definition) is 3. The highest BCUT2D eigenvalue weighted by atomic mass is 16.5. The van der Waals surface area contributed by atoms with E-state index < -0.39 is 5.97 Å². The third kappa shape index (κ3) is 3.46. The van der Waals surface area contributed by atoms with E-state index >= 15 is 0 Å². The van der Waals surface area contributed by atoms with Gasteiger partial charge in [-0.25, -0.2) is 4.79 Å². The van der Waals surface area contributed by atoms with Crippen molar-refractivity contribution in [3.05, 3.63) is 41.5 Å². The Balaban J connectivity index is 2.53. The maximum Gasteiger partial charge on any atom is 0.331 e. The Morgan fingerprint density at radius 2 is 2.12 bits per heavy atom. The van der Waals surface area contributed by atoms with Crippen LogP contribution in [0.15, 0.2) is 35.9 Å². The summed E-state index contributed by atoms with van der Waals surface area (Å²) in [6, 6.07) is 8.62. The Hall–Kier alpha value is -2.28. The van der Waals surface area contributed by atoms with Gasteiger partial charge in [0.2, 0.25) is 0 Å². The first-order valence-electron chi connectivity index (χ1n) is 4.66. The predicted molar refractivity (Wildman–Crippen MR) is 58.0 cm³/mol. The van der Waals surface area contributed by atoms with Crippen LogP contribution < -0.4 is 4.74 Å². The molecule has 1 aromatic rings. The molecule has 0 aliphatic carbocycles. The fourth-order valence-electron chi connectivity index (χ4n) is 0.976. The van der Waals surface area contributed by atoms with Crippen molar-refractivity contribution in [3.63, 3.8) is 0 Å². The molecule has 1 N–H and O–H groups in total. The lowest BCUT2D eigenvalue weighted by Crippen LogP contribution is -2.00. The molecule has 0 aliphatic rings. The normalized spacial score (nSPS) is 10.6. The first-order chi connectivity index (χ1) is 7.63. The molecule has 0 aromatic heterocycles. The van der Waals surface area contributed by atoms with Crippen LogP contribution in [0.25, 0.3) is 0 Å². The number of carboxylic acids is 1. The van der Waals surface area contributed by atoms with Crippen LogP contribution in [-0.2, 0) is 4.79 Å². The molecule has 16 heavy (non-hydrogen) atoms. The molecule has 0 saturated heterocycles. The fourth-order valence-corrected chi connectivity index (χ4v) is 0.976. The summed E-state index contributed by atoms with van der Waals surface area (Å²) in [5, 5.41) is 17.2. The van der Waals surface area contributed by atoms with E-state index in [0.717, 1.165) is 0 Å². The number of hydrogen-bond donors (Lipinski definition) is 1. The van der Waals surface area contributed by atoms with Crippen molar-refractivity contribution in [3.8, 4) is 11.8 Å². The topological polar surface area (TPSA) is 70.3 Å². The van der Waals surface area contributed by atoms with Crippen LogP contribution in [0.4, 0.5) is 0 Å². The lowest BCUT2D eigenvalue weighted by Gasteiger charge is -2.02. The standard InChI is InChI=1S/C12H11NO3/c1-9(12(14)15)6-7-16-11-4-2-10(8-13)3-5-11/h2-6H,7H2,1H3,(H,14,15). The lowest BCUT2D eigenvalue weighted by molar-refractivity contribution is -0.132. The molecule has 0 amide bonds. The van der Waals surface area contributed by atoms with Crippen molar-refractivity contribution in [2.75, 3.05) is 6.61 Å². The molecule has 0 radical (unpaired) electrons. The van der Waals surface area contributed by atoms with Crippen molar-refractivity contribution >= 4 is 5.97 Å². The van der Waals surface area contributed by atoms with E-state index in [2.05, 4.69) is 0 Å². The van der Waals surface area contributed by atoms with Gasteiger partial charge in [0, 0.05) is 5.57 Å². The van der Waals surface area contributed by atoms with E-state index in [1.807, 2.05) is 6.07 Å². The Morgan fingerprint density at radius 1 is 1.50 bits per heavy atom. The summed E-state index contributed by atoms with van der Waals surface area (Å²) in [6.45, 7) is 1.70. The monoisotopic (exact) mass is 217 g/mol. The van der Waals surface area contributed by atoms with E-state index in [9.17, 15) is 4.79 Å². The van der Waals surface area contributed by atoms with E-state index in [-0.39, 0.29) is 12.2 Å². The molecule has 0 unspecified atom stereocenters. The van der Waals surface area contributed by atoms with Crippen LogP contribution >= 0.6 is 0 Å². The molecule has 4 nitrogen and oxygen atoms in total. The zero-order valence-electron chi connectivity index (χ0n) is 8.80.